The number of hydrogen-bond acceptors (Lipinski definition) is 3. The molecule has 53 heavy (non-hydrogen) atoms. The summed E-state index contributed by atoms with van der Waals surface area (Å²) >= 11 is 0. The molecule has 5 heteroatoms. The summed E-state index contributed by atoms with van der Waals surface area (Å²) in [6.45, 7) is 22.9. The zero-order chi connectivity index (χ0) is 37.2. The number of fused-ring (bicyclic) bond motifs is 3. The first-order chi connectivity index (χ1) is 24.7. The van der Waals surface area contributed by atoms with Gasteiger partial charge in [-0.25, -0.2) is 0 Å². The normalized spacial score (nSPS) is 11.8. The van der Waals surface area contributed by atoms with Gasteiger partial charge in [-0.3, -0.25) is 0 Å². The van der Waals surface area contributed by atoms with Crippen LogP contribution in [0.3, 0.4) is 0 Å². The van der Waals surface area contributed by atoms with Gasteiger partial charge in [0.25, 0.3) is 0 Å². The van der Waals surface area contributed by atoms with E-state index in [4.69, 9.17) is 9.40 Å². The summed E-state index contributed by atoms with van der Waals surface area (Å²) in [5.74, 6) is 1.07. The van der Waals surface area contributed by atoms with Gasteiger partial charge >= 0.3 is 0 Å². The molecule has 275 valence electrons. The van der Waals surface area contributed by atoms with E-state index in [1.54, 1.807) is 0 Å². The van der Waals surface area contributed by atoms with Crippen molar-refractivity contribution in [1.82, 2.24) is 9.97 Å². The molecule has 0 saturated carbocycles. The van der Waals surface area contributed by atoms with Crippen molar-refractivity contribution >= 4 is 35.2 Å². The van der Waals surface area contributed by atoms with Crippen LogP contribution in [0.15, 0.2) is 114 Å². The number of aromatic nitrogens is 2. The first kappa shape index (κ1) is 40.0. The van der Waals surface area contributed by atoms with E-state index in [0.717, 1.165) is 56.4 Å². The molecule has 0 N–H and O–H groups in total. The van der Waals surface area contributed by atoms with Gasteiger partial charge in [0.15, 0.2) is 0 Å². The molecule has 0 atom stereocenters. The number of furan rings is 1. The summed E-state index contributed by atoms with van der Waals surface area (Å²) in [6, 6.07) is 40.6. The summed E-state index contributed by atoms with van der Waals surface area (Å²) in [6.07, 6.45) is 5.00. The summed E-state index contributed by atoms with van der Waals surface area (Å²) in [5.41, 5.74) is 12.3. The number of nitrogens with zero attached hydrogens (tertiary/aromatic N) is 2. The molecule has 0 saturated heterocycles. The van der Waals surface area contributed by atoms with Crippen molar-refractivity contribution in [2.24, 2.45) is 5.41 Å². The fraction of sp³-hybridized carbons (Fsp3) is 0.292. The van der Waals surface area contributed by atoms with Crippen LogP contribution >= 0.6 is 0 Å². The Kier molecular flexibility index (Phi) is 12.4. The maximum Gasteiger partial charge on any atom is 0.121 e. The molecule has 1 radical (unpaired) electrons. The topological polar surface area (TPSA) is 38.9 Å². The van der Waals surface area contributed by atoms with Crippen LogP contribution in [-0.2, 0) is 26.5 Å². The average Bonchev–Trinajstić information content (AvgIpc) is 3.49. The van der Waals surface area contributed by atoms with Crippen LogP contribution in [0.1, 0.15) is 77.0 Å². The van der Waals surface area contributed by atoms with Crippen molar-refractivity contribution < 1.29 is 24.5 Å². The first-order valence-electron chi connectivity index (χ1n) is 18.6. The molecule has 0 unspecified atom stereocenters. The van der Waals surface area contributed by atoms with Crippen LogP contribution < -0.4 is 5.19 Å². The Morgan fingerprint density at radius 2 is 1.49 bits per heavy atom. The van der Waals surface area contributed by atoms with E-state index in [0.29, 0.717) is 11.8 Å². The number of pyridine rings is 2. The molecule has 3 nitrogen and oxygen atoms in total. The van der Waals surface area contributed by atoms with Crippen molar-refractivity contribution in [3.05, 3.63) is 138 Å². The van der Waals surface area contributed by atoms with Gasteiger partial charge in [-0.1, -0.05) is 151 Å². The van der Waals surface area contributed by atoms with Gasteiger partial charge in [-0.15, -0.1) is 53.6 Å². The molecule has 0 amide bonds. The Hall–Kier alpha value is -4.15. The molecule has 0 aliphatic heterocycles. The Morgan fingerprint density at radius 3 is 2.13 bits per heavy atom. The van der Waals surface area contributed by atoms with Crippen LogP contribution in [0.2, 0.25) is 19.6 Å². The summed E-state index contributed by atoms with van der Waals surface area (Å²) in [7, 11) is -1.36. The molecule has 7 rings (SSSR count). The Bertz CT molecular complexity index is 2290. The molecule has 4 aromatic carbocycles. The third kappa shape index (κ3) is 9.51. The molecule has 0 bridgehead atoms. The second kappa shape index (κ2) is 16.5. The van der Waals surface area contributed by atoms with E-state index in [1.807, 2.05) is 18.3 Å². The molecule has 0 spiro atoms. The van der Waals surface area contributed by atoms with E-state index in [-0.39, 0.29) is 25.5 Å². The SMILES string of the molecule is CC(C)(C)Cc1ccnc(-c2[c-]ccc3c2oc2cc(-c4ccccc4)ccc23)c1.CC(C)c1c[c-]c(-c2cc(C(C)C)c([Si](C)(C)C)cn2)cc1.[Ir]. The van der Waals surface area contributed by atoms with Gasteiger partial charge in [0, 0.05) is 37.9 Å². The average molecular weight is 893 g/mol. The zero-order valence-electron chi connectivity index (χ0n) is 32.9. The van der Waals surface area contributed by atoms with Crippen molar-refractivity contribution in [3.63, 3.8) is 0 Å². The quantitative estimate of drug-likeness (QED) is 0.118. The third-order valence-corrected chi connectivity index (χ3v) is 11.5. The van der Waals surface area contributed by atoms with Gasteiger partial charge < -0.3 is 14.4 Å². The van der Waals surface area contributed by atoms with Crippen molar-refractivity contribution in [3.8, 4) is 33.6 Å². The predicted octanol–water partition coefficient (Wildman–Crippen LogP) is 13.0. The van der Waals surface area contributed by atoms with Gasteiger partial charge in [-0.2, -0.15) is 0 Å². The minimum Gasteiger partial charge on any atom is -0.501 e. The van der Waals surface area contributed by atoms with Crippen LogP contribution in [0.4, 0.5) is 0 Å². The maximum absolute atomic E-state index is 6.37. The van der Waals surface area contributed by atoms with Crippen molar-refractivity contribution in [2.75, 3.05) is 0 Å². The monoisotopic (exact) mass is 893 g/mol. The molecular weight excluding hydrogens is 841 g/mol. The van der Waals surface area contributed by atoms with Gasteiger partial charge in [0.2, 0.25) is 0 Å². The van der Waals surface area contributed by atoms with Crippen molar-refractivity contribution in [1.29, 1.82) is 0 Å². The number of benzene rings is 4. The number of rotatable bonds is 7. The summed E-state index contributed by atoms with van der Waals surface area (Å²) in [4.78, 5) is 9.37. The van der Waals surface area contributed by atoms with E-state index in [2.05, 4.69) is 176 Å². The smallest absolute Gasteiger partial charge is 0.121 e. The molecule has 0 aliphatic rings. The Balaban J connectivity index is 0.000000211. The summed E-state index contributed by atoms with van der Waals surface area (Å²) < 4.78 is 6.37. The number of hydrogen-bond donors (Lipinski definition) is 0. The molecule has 3 aromatic heterocycles. The molecule has 3 heterocycles. The van der Waals surface area contributed by atoms with E-state index in [1.165, 1.54) is 27.4 Å². The van der Waals surface area contributed by atoms with E-state index >= 15 is 0 Å². The standard InChI is InChI=1S/C28H24NO.C20H28NSi.Ir/c1-28(2,3)18-19-14-15-29-25(16-19)24-11-7-10-23-22-13-12-21(17-26(22)30-27(23)24)20-8-5-4-6-9-20;1-14(2)16-8-10-17(11-9-16)19-12-18(15(3)4)20(13-21-19)22(5,6)7;/h4-10,12-17H,18H2,1-3H3;8-10,12-15H,1-7H3;/q2*-1;. The molecule has 0 fully saturated rings. The molecule has 0 aliphatic carbocycles. The second-order valence-electron chi connectivity index (χ2n) is 16.8. The third-order valence-electron chi connectivity index (χ3n) is 9.50. The van der Waals surface area contributed by atoms with Gasteiger partial charge in [0.1, 0.15) is 5.58 Å². The minimum atomic E-state index is -1.36. The fourth-order valence-corrected chi connectivity index (χ4v) is 8.43. The van der Waals surface area contributed by atoms with Crippen LogP contribution in [0, 0.1) is 17.5 Å². The minimum absolute atomic E-state index is 0. The molecular formula is C48H52IrN2OSi-2. The summed E-state index contributed by atoms with van der Waals surface area (Å²) in [5, 5.41) is 3.69. The first-order valence-corrected chi connectivity index (χ1v) is 22.1. The largest absolute Gasteiger partial charge is 0.501 e. The maximum atomic E-state index is 6.37. The molecule has 7 aromatic rings. The zero-order valence-corrected chi connectivity index (χ0v) is 36.3. The van der Waals surface area contributed by atoms with Crippen LogP contribution in [0.25, 0.3) is 55.6 Å². The van der Waals surface area contributed by atoms with Crippen LogP contribution in [0.5, 0.6) is 0 Å². The van der Waals surface area contributed by atoms with Gasteiger partial charge in [0.05, 0.1) is 13.7 Å². The Labute approximate surface area is 331 Å². The van der Waals surface area contributed by atoms with E-state index < -0.39 is 8.07 Å². The van der Waals surface area contributed by atoms with Gasteiger partial charge in [-0.05, 0) is 57.6 Å². The fourth-order valence-electron chi connectivity index (χ4n) is 6.75. The van der Waals surface area contributed by atoms with E-state index in [9.17, 15) is 0 Å². The predicted molar refractivity (Wildman–Crippen MR) is 224 cm³/mol. The Morgan fingerprint density at radius 1 is 0.736 bits per heavy atom. The second-order valence-corrected chi connectivity index (χ2v) is 21.9. The van der Waals surface area contributed by atoms with Crippen molar-refractivity contribution in [2.45, 2.75) is 86.4 Å². The van der Waals surface area contributed by atoms with Crippen LogP contribution in [-0.4, -0.2) is 18.0 Å².